The summed E-state index contributed by atoms with van der Waals surface area (Å²) in [6.45, 7) is 12.1. The highest BCUT2D eigenvalue weighted by Crippen LogP contribution is 2.24. The van der Waals surface area contributed by atoms with Crippen LogP contribution in [0.4, 0.5) is 0 Å². The number of H-pyrrole nitrogens is 1. The maximum absolute atomic E-state index is 14.4. The van der Waals surface area contributed by atoms with Crippen LogP contribution >= 0.6 is 23.2 Å². The first-order chi connectivity index (χ1) is 23.9. The van der Waals surface area contributed by atoms with E-state index in [4.69, 9.17) is 23.2 Å². The Morgan fingerprint density at radius 3 is 2.22 bits per heavy atom. The first-order valence-electron chi connectivity index (χ1n) is 17.3. The zero-order valence-electron chi connectivity index (χ0n) is 29.8. The van der Waals surface area contributed by atoms with E-state index in [0.29, 0.717) is 53.6 Å². The van der Waals surface area contributed by atoms with Gasteiger partial charge in [0, 0.05) is 89.1 Å². The number of aromatic nitrogens is 1. The van der Waals surface area contributed by atoms with Crippen molar-refractivity contribution in [3.05, 3.63) is 105 Å². The van der Waals surface area contributed by atoms with Crippen LogP contribution in [-0.4, -0.2) is 114 Å². The molecule has 0 spiro atoms. The Bertz CT molecular complexity index is 1810. The normalized spacial score (nSPS) is 14.2. The topological polar surface area (TPSA) is 87.3 Å². The lowest BCUT2D eigenvalue weighted by molar-refractivity contribution is 0.0707. The number of fused-ring (bicyclic) bond motifs is 1. The number of likely N-dealkylation sites (N-methyl/N-ethyl adjacent to an activating group) is 1. The average molecular weight is 719 g/mol. The molecule has 2 amide bonds. The number of benzene rings is 3. The van der Waals surface area contributed by atoms with Gasteiger partial charge in [-0.25, -0.2) is 0 Å². The second-order valence-electron chi connectivity index (χ2n) is 13.9. The quantitative estimate of drug-likeness (QED) is 0.137. The molecule has 1 aromatic heterocycles. The van der Waals surface area contributed by atoms with Gasteiger partial charge in [-0.05, 0) is 75.1 Å². The molecule has 0 aliphatic carbocycles. The van der Waals surface area contributed by atoms with E-state index >= 15 is 0 Å². The van der Waals surface area contributed by atoms with Crippen molar-refractivity contribution in [3.63, 3.8) is 0 Å². The Labute approximate surface area is 306 Å². The number of nitrogens with zero attached hydrogens (tertiary/aromatic N) is 5. The van der Waals surface area contributed by atoms with Crippen LogP contribution in [-0.2, 0) is 12.8 Å². The van der Waals surface area contributed by atoms with Crippen LogP contribution in [0.25, 0.3) is 10.9 Å². The predicted octanol–water partition coefficient (Wildman–Crippen LogP) is 6.47. The van der Waals surface area contributed by atoms with Crippen molar-refractivity contribution in [1.82, 2.24) is 29.9 Å². The largest absolute Gasteiger partial charge is 0.361 e. The van der Waals surface area contributed by atoms with Gasteiger partial charge in [0.1, 0.15) is 0 Å². The van der Waals surface area contributed by atoms with Crippen molar-refractivity contribution in [2.24, 2.45) is 4.99 Å². The molecule has 0 bridgehead atoms. The van der Waals surface area contributed by atoms with E-state index in [2.05, 4.69) is 58.0 Å². The van der Waals surface area contributed by atoms with Gasteiger partial charge in [-0.3, -0.25) is 19.5 Å². The molecule has 50 heavy (non-hydrogen) atoms. The summed E-state index contributed by atoms with van der Waals surface area (Å²) in [5.41, 5.74) is 3.97. The minimum atomic E-state index is -0.195. The van der Waals surface area contributed by atoms with E-state index < -0.39 is 0 Å². The summed E-state index contributed by atoms with van der Waals surface area (Å²) in [7, 11) is 3.59. The predicted molar refractivity (Wildman–Crippen MR) is 206 cm³/mol. The minimum Gasteiger partial charge on any atom is -0.361 e. The number of carbonyl (C=O) groups is 2. The molecule has 2 heterocycles. The van der Waals surface area contributed by atoms with Gasteiger partial charge < -0.3 is 25.0 Å². The van der Waals surface area contributed by atoms with Crippen LogP contribution in [0.1, 0.15) is 52.6 Å². The summed E-state index contributed by atoms with van der Waals surface area (Å²) in [6.07, 6.45) is 3.33. The molecule has 3 aromatic carbocycles. The molecule has 0 saturated carbocycles. The average Bonchev–Trinajstić information content (AvgIpc) is 3.53. The summed E-state index contributed by atoms with van der Waals surface area (Å²) in [6, 6.07) is 20.9. The molecular weight excluding hydrogens is 669 g/mol. The van der Waals surface area contributed by atoms with Crippen molar-refractivity contribution in [2.45, 2.75) is 39.2 Å². The Balaban J connectivity index is 1.29. The Morgan fingerprint density at radius 1 is 0.860 bits per heavy atom. The number of nitrogens with one attached hydrogen (secondary N) is 2. The Hall–Kier alpha value is -4.05. The second-order valence-corrected chi connectivity index (χ2v) is 14.7. The first kappa shape index (κ1) is 37.2. The molecule has 0 unspecified atom stereocenters. The summed E-state index contributed by atoms with van der Waals surface area (Å²) >= 11 is 12.3. The van der Waals surface area contributed by atoms with E-state index in [-0.39, 0.29) is 17.4 Å². The molecule has 1 saturated heterocycles. The summed E-state index contributed by atoms with van der Waals surface area (Å²) in [5, 5.41) is 5.66. The zero-order valence-corrected chi connectivity index (χ0v) is 31.3. The van der Waals surface area contributed by atoms with Gasteiger partial charge in [-0.15, -0.1) is 0 Å². The number of halogens is 2. The van der Waals surface area contributed by atoms with Gasteiger partial charge in [0.15, 0.2) is 5.96 Å². The summed E-state index contributed by atoms with van der Waals surface area (Å²) in [4.78, 5) is 44.4. The van der Waals surface area contributed by atoms with E-state index in [1.807, 2.05) is 54.5 Å². The maximum atomic E-state index is 14.4. The molecular formula is C39H49Cl2N7O2. The highest BCUT2D eigenvalue weighted by atomic mass is 35.5. The molecule has 4 aromatic rings. The van der Waals surface area contributed by atoms with Crippen molar-refractivity contribution >= 4 is 51.9 Å². The molecule has 1 aliphatic heterocycles. The fraction of sp³-hybridized carbons (Fsp3) is 0.410. The number of carbonyl (C=O) groups excluding carboxylic acids is 2. The van der Waals surface area contributed by atoms with Crippen LogP contribution in [0.15, 0.2) is 77.9 Å². The minimum absolute atomic E-state index is 0.0743. The van der Waals surface area contributed by atoms with Crippen molar-refractivity contribution in [3.8, 4) is 0 Å². The van der Waals surface area contributed by atoms with Gasteiger partial charge in [0.25, 0.3) is 11.8 Å². The highest BCUT2D eigenvalue weighted by molar-refractivity contribution is 6.42. The molecule has 0 atom stereocenters. The van der Waals surface area contributed by atoms with E-state index in [0.717, 1.165) is 60.7 Å². The number of rotatable bonds is 11. The maximum Gasteiger partial charge on any atom is 0.254 e. The Kier molecular flexibility index (Phi) is 12.5. The van der Waals surface area contributed by atoms with Crippen molar-refractivity contribution < 1.29 is 9.59 Å². The molecule has 5 rings (SSSR count). The second kappa shape index (κ2) is 16.8. The first-order valence-corrected chi connectivity index (χ1v) is 18.0. The van der Waals surface area contributed by atoms with Crippen LogP contribution < -0.4 is 5.32 Å². The van der Waals surface area contributed by atoms with Gasteiger partial charge >= 0.3 is 0 Å². The standard InChI is InChI=1S/C39H49Cl2N7O2/c1-39(2,3)44-38(42-4)48-24-21-46(22-25-48)20-23-47(19-17-29-27-43-35-13-9-8-10-30(29)35)37(50)32-12-7-6-11-31(32)36(49)45(5)18-16-28-14-15-33(40)34(41)26-28/h6-15,26-27,43H,16-25H2,1-5H3,(H,42,44). The zero-order chi connectivity index (χ0) is 35.8. The smallest absolute Gasteiger partial charge is 0.254 e. The van der Waals surface area contributed by atoms with Crippen LogP contribution in [0.3, 0.4) is 0 Å². The number of para-hydroxylation sites is 1. The van der Waals surface area contributed by atoms with Gasteiger partial charge in [0.05, 0.1) is 21.2 Å². The number of piperazine rings is 1. The lowest BCUT2D eigenvalue weighted by atomic mass is 10.0. The number of hydrogen-bond donors (Lipinski definition) is 2. The molecule has 0 radical (unpaired) electrons. The third-order valence-electron chi connectivity index (χ3n) is 9.12. The van der Waals surface area contributed by atoms with Crippen LogP contribution in [0.2, 0.25) is 10.0 Å². The highest BCUT2D eigenvalue weighted by Gasteiger charge is 2.26. The van der Waals surface area contributed by atoms with Gasteiger partial charge in [-0.1, -0.05) is 59.6 Å². The van der Waals surface area contributed by atoms with Gasteiger partial charge in [-0.2, -0.15) is 0 Å². The monoisotopic (exact) mass is 717 g/mol. The summed E-state index contributed by atoms with van der Waals surface area (Å²) < 4.78 is 0. The van der Waals surface area contributed by atoms with Crippen molar-refractivity contribution in [2.75, 3.05) is 66.5 Å². The molecule has 1 aliphatic rings. The number of amides is 2. The van der Waals surface area contributed by atoms with Gasteiger partial charge in [0.2, 0.25) is 0 Å². The summed E-state index contributed by atoms with van der Waals surface area (Å²) in [5.74, 6) is 0.579. The number of aliphatic imine (C=N–C) groups is 1. The number of hydrogen-bond acceptors (Lipinski definition) is 4. The van der Waals surface area contributed by atoms with Crippen LogP contribution in [0, 0.1) is 0 Å². The number of guanidine groups is 1. The molecule has 2 N–H and O–H groups in total. The van der Waals surface area contributed by atoms with E-state index in [1.165, 1.54) is 0 Å². The SMILES string of the molecule is CN=C(NC(C)(C)C)N1CCN(CCN(CCc2c[nH]c3ccccc23)C(=O)c2ccccc2C(=O)N(C)CCc2ccc(Cl)c(Cl)c2)CC1. The number of aromatic amines is 1. The molecule has 11 heteroatoms. The molecule has 9 nitrogen and oxygen atoms in total. The Morgan fingerprint density at radius 2 is 1.54 bits per heavy atom. The lowest BCUT2D eigenvalue weighted by Gasteiger charge is -2.39. The molecule has 266 valence electrons. The molecule has 1 fully saturated rings. The van der Waals surface area contributed by atoms with Crippen molar-refractivity contribution in [1.29, 1.82) is 0 Å². The van der Waals surface area contributed by atoms with E-state index in [9.17, 15) is 9.59 Å². The van der Waals surface area contributed by atoms with E-state index in [1.54, 1.807) is 30.1 Å². The third-order valence-corrected chi connectivity index (χ3v) is 9.86. The third kappa shape index (κ3) is 9.59. The fourth-order valence-corrected chi connectivity index (χ4v) is 6.61. The lowest BCUT2D eigenvalue weighted by Crippen LogP contribution is -2.56. The van der Waals surface area contributed by atoms with Crippen LogP contribution in [0.5, 0.6) is 0 Å². The fourth-order valence-electron chi connectivity index (χ4n) is 6.29.